The maximum absolute atomic E-state index is 4.76. The average Bonchev–Trinajstić information content (AvgIpc) is 0.722. The fourth-order valence-corrected chi connectivity index (χ4v) is 0.387. The van der Waals surface area contributed by atoms with E-state index in [-0.39, 0.29) is 15.7 Å². The Balaban J connectivity index is 2.47. The standard InChI is InChI=1S/C2H3AsO/c1-2-4-3-1/h1H,2H2. The van der Waals surface area contributed by atoms with Crippen molar-refractivity contribution in [3.8, 4) is 0 Å². The molecule has 2 heteroatoms. The summed E-state index contributed by atoms with van der Waals surface area (Å²) in [6, 6.07) is 0. The van der Waals surface area contributed by atoms with Gasteiger partial charge in [-0.3, -0.25) is 0 Å². The van der Waals surface area contributed by atoms with Gasteiger partial charge in [0.05, 0.1) is 0 Å². The molecule has 0 atom stereocenters. The maximum atomic E-state index is 4.76. The van der Waals surface area contributed by atoms with Gasteiger partial charge in [0.1, 0.15) is 0 Å². The first-order valence-corrected chi connectivity index (χ1v) is 2.99. The van der Waals surface area contributed by atoms with Crippen molar-refractivity contribution in [2.24, 2.45) is 0 Å². The van der Waals surface area contributed by atoms with Crippen LogP contribution in [0.2, 0.25) is 0 Å². The molecule has 0 spiro atoms. The van der Waals surface area contributed by atoms with E-state index < -0.39 is 0 Å². The number of hydrogen-bond donors (Lipinski definition) is 0. The van der Waals surface area contributed by atoms with Gasteiger partial charge in [-0.05, 0) is 0 Å². The molecule has 0 aliphatic carbocycles. The van der Waals surface area contributed by atoms with Crippen molar-refractivity contribution < 1.29 is 3.73 Å². The molecule has 0 saturated heterocycles. The van der Waals surface area contributed by atoms with Gasteiger partial charge < -0.3 is 0 Å². The van der Waals surface area contributed by atoms with Gasteiger partial charge >= 0.3 is 30.8 Å². The normalized spacial score (nSPS) is 24.0. The zero-order chi connectivity index (χ0) is 2.83. The third kappa shape index (κ3) is 0.239. The van der Waals surface area contributed by atoms with Crippen LogP contribution in [-0.2, 0) is 3.73 Å². The molecule has 0 aromatic rings. The first-order chi connectivity index (χ1) is 2.00. The Kier molecular flexibility index (Phi) is 0.657. The Morgan fingerprint density at radius 3 is 2.25 bits per heavy atom. The Morgan fingerprint density at radius 2 is 2.25 bits per heavy atom. The van der Waals surface area contributed by atoms with Gasteiger partial charge in [-0.1, -0.05) is 0 Å². The fraction of sp³-hybridized carbons (Fsp3) is 0.500. The van der Waals surface area contributed by atoms with Crippen molar-refractivity contribution in [1.29, 1.82) is 0 Å². The second kappa shape index (κ2) is 1.00. The van der Waals surface area contributed by atoms with E-state index in [1.54, 1.807) is 0 Å². The molecule has 0 aromatic heterocycles. The zero-order valence-electron chi connectivity index (χ0n) is 2.14. The van der Waals surface area contributed by atoms with Crippen LogP contribution in [0.5, 0.6) is 0 Å². The van der Waals surface area contributed by atoms with Crippen molar-refractivity contribution in [3.05, 3.63) is 0 Å². The van der Waals surface area contributed by atoms with Crippen molar-refractivity contribution in [1.82, 2.24) is 0 Å². The van der Waals surface area contributed by atoms with E-state index in [0.29, 0.717) is 0 Å². The fourth-order valence-electron chi connectivity index (χ4n) is 0.0745. The average molecular weight is 118 g/mol. The summed E-state index contributed by atoms with van der Waals surface area (Å²) in [7, 11) is 0. The molecule has 0 unspecified atom stereocenters. The Morgan fingerprint density at radius 1 is 2.00 bits per heavy atom. The van der Waals surface area contributed by atoms with Crippen LogP contribution in [0.1, 0.15) is 0 Å². The molecule has 1 nitrogen and oxygen atoms in total. The van der Waals surface area contributed by atoms with Gasteiger partial charge in [-0.15, -0.1) is 0 Å². The molecule has 0 saturated carbocycles. The predicted octanol–water partition coefficient (Wildman–Crippen LogP) is -0.562. The van der Waals surface area contributed by atoms with E-state index in [0.717, 1.165) is 6.61 Å². The SMILES string of the molecule is C1=[As]OC1. The number of hydrogen-bond acceptors (Lipinski definition) is 1. The van der Waals surface area contributed by atoms with Crippen LogP contribution < -0.4 is 0 Å². The van der Waals surface area contributed by atoms with E-state index in [1.807, 2.05) is 0 Å². The molecule has 0 N–H and O–H groups in total. The van der Waals surface area contributed by atoms with Crippen molar-refractivity contribution >= 4 is 20.5 Å². The first-order valence-electron chi connectivity index (χ1n) is 1.14. The van der Waals surface area contributed by atoms with Crippen molar-refractivity contribution in [2.45, 2.75) is 0 Å². The molecule has 0 radical (unpaired) electrons. The molecule has 1 aliphatic heterocycles. The first kappa shape index (κ1) is 2.62. The third-order valence-corrected chi connectivity index (χ3v) is 1.55. The molecular formula is C2H3AsO. The molecule has 0 aromatic carbocycles. The van der Waals surface area contributed by atoms with E-state index in [4.69, 9.17) is 3.73 Å². The molecule has 0 amide bonds. The van der Waals surface area contributed by atoms with Gasteiger partial charge in [0.2, 0.25) is 0 Å². The number of rotatable bonds is 0. The Bertz CT molecular complexity index is 35.3. The molecule has 1 heterocycles. The topological polar surface area (TPSA) is 9.23 Å². The molecule has 22 valence electrons. The molecular weight excluding hydrogens is 115 g/mol. The van der Waals surface area contributed by atoms with Crippen LogP contribution in [-0.4, -0.2) is 27.1 Å². The van der Waals surface area contributed by atoms with E-state index in [9.17, 15) is 0 Å². The van der Waals surface area contributed by atoms with Crippen LogP contribution in [0.25, 0.3) is 0 Å². The minimum atomic E-state index is 0.271. The van der Waals surface area contributed by atoms with E-state index in [2.05, 4.69) is 4.81 Å². The quantitative estimate of drug-likeness (QED) is 0.387. The van der Waals surface area contributed by atoms with Crippen LogP contribution in [0.15, 0.2) is 0 Å². The molecule has 0 fully saturated rings. The van der Waals surface area contributed by atoms with Crippen LogP contribution in [0.3, 0.4) is 0 Å². The van der Waals surface area contributed by atoms with Gasteiger partial charge in [0.15, 0.2) is 0 Å². The zero-order valence-corrected chi connectivity index (χ0v) is 4.02. The van der Waals surface area contributed by atoms with Gasteiger partial charge in [0, 0.05) is 0 Å². The molecule has 1 aliphatic rings. The van der Waals surface area contributed by atoms with E-state index in [1.165, 1.54) is 0 Å². The second-order valence-corrected chi connectivity index (χ2v) is 2.33. The van der Waals surface area contributed by atoms with Crippen LogP contribution >= 0.6 is 0 Å². The Labute approximate surface area is 31.5 Å². The summed E-state index contributed by atoms with van der Waals surface area (Å²) in [5.41, 5.74) is 0. The van der Waals surface area contributed by atoms with Gasteiger partial charge in [0.25, 0.3) is 0 Å². The van der Waals surface area contributed by atoms with Crippen molar-refractivity contribution in [2.75, 3.05) is 6.61 Å². The third-order valence-electron chi connectivity index (χ3n) is 0.298. The van der Waals surface area contributed by atoms with Crippen LogP contribution in [0, 0.1) is 0 Å². The summed E-state index contributed by atoms with van der Waals surface area (Å²) < 4.78 is 4.76. The predicted molar refractivity (Wildman–Crippen MR) is 17.8 cm³/mol. The summed E-state index contributed by atoms with van der Waals surface area (Å²) in [5, 5.41) is 0. The Hall–Kier alpha value is 0.388. The second-order valence-electron chi connectivity index (χ2n) is 0.584. The van der Waals surface area contributed by atoms with Crippen molar-refractivity contribution in [3.63, 3.8) is 0 Å². The summed E-state index contributed by atoms with van der Waals surface area (Å²) in [5.74, 6) is 0. The van der Waals surface area contributed by atoms with Crippen LogP contribution in [0.4, 0.5) is 0 Å². The van der Waals surface area contributed by atoms with Gasteiger partial charge in [-0.2, -0.15) is 0 Å². The summed E-state index contributed by atoms with van der Waals surface area (Å²) in [6.07, 6.45) is 0. The molecule has 0 bridgehead atoms. The monoisotopic (exact) mass is 118 g/mol. The van der Waals surface area contributed by atoms with E-state index >= 15 is 0 Å². The minimum absolute atomic E-state index is 0.271. The summed E-state index contributed by atoms with van der Waals surface area (Å²) >= 11 is 0.271. The summed E-state index contributed by atoms with van der Waals surface area (Å²) in [6.45, 7) is 0.917. The summed E-state index contributed by atoms with van der Waals surface area (Å²) in [4.78, 5) is 2.18. The molecule has 1 rings (SSSR count). The van der Waals surface area contributed by atoms with Gasteiger partial charge in [-0.25, -0.2) is 0 Å². The molecule has 4 heavy (non-hydrogen) atoms.